The number of hydrogen-bond acceptors (Lipinski definition) is 3. The zero-order chi connectivity index (χ0) is 11.7. The van der Waals surface area contributed by atoms with Gasteiger partial charge < -0.3 is 10.6 Å². The van der Waals surface area contributed by atoms with Gasteiger partial charge >= 0.3 is 0 Å². The molecule has 2 saturated heterocycles. The highest BCUT2D eigenvalue weighted by atomic mass is 16.2. The molecule has 0 aliphatic carbocycles. The lowest BCUT2D eigenvalue weighted by Gasteiger charge is -2.41. The van der Waals surface area contributed by atoms with Gasteiger partial charge in [0.1, 0.15) is 0 Å². The van der Waals surface area contributed by atoms with E-state index in [1.165, 1.54) is 25.7 Å². The summed E-state index contributed by atoms with van der Waals surface area (Å²) in [6.45, 7) is 2.03. The van der Waals surface area contributed by atoms with Gasteiger partial charge in [-0.15, -0.1) is 0 Å². The summed E-state index contributed by atoms with van der Waals surface area (Å²) < 4.78 is 0. The maximum absolute atomic E-state index is 11.7. The number of nitrogens with one attached hydrogen (secondary N) is 2. The number of carbonyl (C=O) groups excluding carboxylic acids is 1. The third-order valence-corrected chi connectivity index (χ3v) is 4.27. The zero-order valence-corrected chi connectivity index (χ0v) is 10.5. The van der Waals surface area contributed by atoms with Gasteiger partial charge in [0.05, 0.1) is 6.04 Å². The standard InChI is InChI=1S/C12H23N3O/c1-8(12(16)14-3)15-10-4-5-11(15)7-9(6-10)13-2/h8-11,13H,4-7H2,1-3H3,(H,14,16). The van der Waals surface area contributed by atoms with E-state index in [2.05, 4.69) is 15.5 Å². The Hall–Kier alpha value is -0.610. The predicted octanol–water partition coefficient (Wildman–Crippen LogP) is 0.336. The molecule has 92 valence electrons. The van der Waals surface area contributed by atoms with Gasteiger partial charge in [-0.2, -0.15) is 0 Å². The Labute approximate surface area is 97.8 Å². The first-order chi connectivity index (χ1) is 7.67. The molecule has 2 rings (SSSR count). The normalized spacial score (nSPS) is 36.1. The third kappa shape index (κ3) is 1.96. The number of nitrogens with zero attached hydrogens (tertiary/aromatic N) is 1. The molecule has 0 aromatic rings. The summed E-state index contributed by atoms with van der Waals surface area (Å²) in [5, 5.41) is 6.14. The van der Waals surface area contributed by atoms with Crippen molar-refractivity contribution in [3.63, 3.8) is 0 Å². The molecule has 4 heteroatoms. The molecule has 0 radical (unpaired) electrons. The number of fused-ring (bicyclic) bond motifs is 2. The topological polar surface area (TPSA) is 44.4 Å². The molecule has 0 aromatic heterocycles. The summed E-state index contributed by atoms with van der Waals surface area (Å²) in [4.78, 5) is 14.1. The summed E-state index contributed by atoms with van der Waals surface area (Å²) in [6.07, 6.45) is 4.89. The van der Waals surface area contributed by atoms with Crippen LogP contribution < -0.4 is 10.6 Å². The molecule has 2 N–H and O–H groups in total. The van der Waals surface area contributed by atoms with Gasteiger partial charge in [0.25, 0.3) is 0 Å². The smallest absolute Gasteiger partial charge is 0.236 e. The number of amides is 1. The van der Waals surface area contributed by atoms with Crippen LogP contribution in [0.25, 0.3) is 0 Å². The average Bonchev–Trinajstić information content (AvgIpc) is 2.57. The molecule has 3 unspecified atom stereocenters. The number of piperidine rings is 1. The van der Waals surface area contributed by atoms with Crippen molar-refractivity contribution >= 4 is 5.91 Å². The lowest BCUT2D eigenvalue weighted by atomic mass is 9.95. The molecule has 0 saturated carbocycles. The number of carbonyl (C=O) groups is 1. The second kappa shape index (κ2) is 4.72. The van der Waals surface area contributed by atoms with E-state index in [4.69, 9.17) is 0 Å². The Morgan fingerprint density at radius 1 is 1.25 bits per heavy atom. The van der Waals surface area contributed by atoms with E-state index >= 15 is 0 Å². The van der Waals surface area contributed by atoms with Crippen molar-refractivity contribution in [3.8, 4) is 0 Å². The summed E-state index contributed by atoms with van der Waals surface area (Å²) in [5.74, 6) is 0.153. The maximum Gasteiger partial charge on any atom is 0.236 e. The van der Waals surface area contributed by atoms with Crippen molar-refractivity contribution < 1.29 is 4.79 Å². The van der Waals surface area contributed by atoms with E-state index in [0.717, 1.165) is 0 Å². The minimum Gasteiger partial charge on any atom is -0.358 e. The molecule has 2 aliphatic heterocycles. The van der Waals surface area contributed by atoms with Crippen molar-refractivity contribution in [2.75, 3.05) is 14.1 Å². The van der Waals surface area contributed by atoms with Crippen LogP contribution in [-0.2, 0) is 4.79 Å². The number of rotatable bonds is 3. The van der Waals surface area contributed by atoms with Crippen LogP contribution >= 0.6 is 0 Å². The third-order valence-electron chi connectivity index (χ3n) is 4.27. The lowest BCUT2D eigenvalue weighted by Crippen LogP contribution is -2.55. The highest BCUT2D eigenvalue weighted by Gasteiger charge is 2.43. The van der Waals surface area contributed by atoms with Gasteiger partial charge in [-0.3, -0.25) is 9.69 Å². The van der Waals surface area contributed by atoms with Crippen molar-refractivity contribution in [1.29, 1.82) is 0 Å². The van der Waals surface area contributed by atoms with Crippen LogP contribution in [0.3, 0.4) is 0 Å². The molecule has 2 bridgehead atoms. The fourth-order valence-electron chi connectivity index (χ4n) is 3.43. The van der Waals surface area contributed by atoms with E-state index < -0.39 is 0 Å². The molecular weight excluding hydrogens is 202 g/mol. The van der Waals surface area contributed by atoms with Crippen LogP contribution in [0.2, 0.25) is 0 Å². The van der Waals surface area contributed by atoms with E-state index in [-0.39, 0.29) is 11.9 Å². The molecule has 2 aliphatic rings. The largest absolute Gasteiger partial charge is 0.358 e. The first kappa shape index (κ1) is 11.9. The summed E-state index contributed by atoms with van der Waals surface area (Å²) in [6, 6.07) is 1.87. The van der Waals surface area contributed by atoms with Crippen LogP contribution in [0.15, 0.2) is 0 Å². The minimum atomic E-state index is 0.0281. The Bertz CT molecular complexity index is 255. The fourth-order valence-corrected chi connectivity index (χ4v) is 3.43. The van der Waals surface area contributed by atoms with Crippen molar-refractivity contribution in [1.82, 2.24) is 15.5 Å². The van der Waals surface area contributed by atoms with Gasteiger partial charge in [0.15, 0.2) is 0 Å². The van der Waals surface area contributed by atoms with Gasteiger partial charge in [-0.25, -0.2) is 0 Å². The quantitative estimate of drug-likeness (QED) is 0.728. The molecule has 4 nitrogen and oxygen atoms in total. The van der Waals surface area contributed by atoms with Crippen LogP contribution in [0, 0.1) is 0 Å². The first-order valence-corrected chi connectivity index (χ1v) is 6.33. The van der Waals surface area contributed by atoms with Crippen LogP contribution in [-0.4, -0.2) is 49.1 Å². The zero-order valence-electron chi connectivity index (χ0n) is 10.5. The Kier molecular flexibility index (Phi) is 3.50. The molecule has 1 amide bonds. The molecule has 2 fully saturated rings. The second-order valence-electron chi connectivity index (χ2n) is 5.08. The highest BCUT2D eigenvalue weighted by Crippen LogP contribution is 2.37. The van der Waals surface area contributed by atoms with E-state index in [1.807, 2.05) is 14.0 Å². The highest BCUT2D eigenvalue weighted by molar-refractivity contribution is 5.81. The first-order valence-electron chi connectivity index (χ1n) is 6.33. The molecule has 3 atom stereocenters. The van der Waals surface area contributed by atoms with Crippen molar-refractivity contribution in [2.24, 2.45) is 0 Å². The SMILES string of the molecule is CNC(=O)C(C)N1C2CCC1CC(NC)C2. The van der Waals surface area contributed by atoms with E-state index in [9.17, 15) is 4.79 Å². The molecule has 0 spiro atoms. The average molecular weight is 225 g/mol. The van der Waals surface area contributed by atoms with E-state index in [1.54, 1.807) is 7.05 Å². The van der Waals surface area contributed by atoms with Gasteiger partial charge in [-0.05, 0) is 39.7 Å². The van der Waals surface area contributed by atoms with Crippen molar-refractivity contribution in [3.05, 3.63) is 0 Å². The lowest BCUT2D eigenvalue weighted by molar-refractivity contribution is -0.127. The second-order valence-corrected chi connectivity index (χ2v) is 5.08. The molecule has 16 heavy (non-hydrogen) atoms. The molecular formula is C12H23N3O. The predicted molar refractivity (Wildman–Crippen MR) is 64.3 cm³/mol. The molecule has 0 aromatic carbocycles. The molecule has 2 heterocycles. The van der Waals surface area contributed by atoms with Crippen LogP contribution in [0.5, 0.6) is 0 Å². The van der Waals surface area contributed by atoms with Crippen LogP contribution in [0.4, 0.5) is 0 Å². The minimum absolute atomic E-state index is 0.0281. The van der Waals surface area contributed by atoms with E-state index in [0.29, 0.717) is 18.1 Å². The van der Waals surface area contributed by atoms with Crippen LogP contribution in [0.1, 0.15) is 32.6 Å². The summed E-state index contributed by atoms with van der Waals surface area (Å²) in [5.41, 5.74) is 0. The van der Waals surface area contributed by atoms with Gasteiger partial charge in [0.2, 0.25) is 5.91 Å². The Morgan fingerprint density at radius 3 is 2.25 bits per heavy atom. The van der Waals surface area contributed by atoms with Gasteiger partial charge in [0, 0.05) is 25.2 Å². The van der Waals surface area contributed by atoms with Gasteiger partial charge in [-0.1, -0.05) is 0 Å². The Balaban J connectivity index is 2.05. The number of likely N-dealkylation sites (N-methyl/N-ethyl adjacent to an activating group) is 1. The Morgan fingerprint density at radius 2 is 1.81 bits per heavy atom. The monoisotopic (exact) mass is 225 g/mol. The maximum atomic E-state index is 11.7. The summed E-state index contributed by atoms with van der Waals surface area (Å²) >= 11 is 0. The van der Waals surface area contributed by atoms with Crippen molar-refractivity contribution in [2.45, 2.75) is 56.8 Å². The fraction of sp³-hybridized carbons (Fsp3) is 0.917. The summed E-state index contributed by atoms with van der Waals surface area (Å²) in [7, 11) is 3.77. The number of hydrogen-bond donors (Lipinski definition) is 2.